The van der Waals surface area contributed by atoms with E-state index in [1.165, 1.54) is 0 Å². The van der Waals surface area contributed by atoms with E-state index in [1.807, 2.05) is 13.8 Å². The molecule has 12 heavy (non-hydrogen) atoms. The van der Waals surface area contributed by atoms with Gasteiger partial charge in [-0.2, -0.15) is 0 Å². The SMILES string of the molecule is Cc1cc([O-])cc(C)c1Br.[Cl-].[Mg+2]. The summed E-state index contributed by atoms with van der Waals surface area (Å²) in [5.41, 5.74) is 2.01. The molecule has 1 aromatic carbocycles. The zero-order valence-corrected chi connectivity index (χ0v) is 10.8. The van der Waals surface area contributed by atoms with Crippen LogP contribution in [-0.4, -0.2) is 23.1 Å². The Morgan fingerprint density at radius 1 is 1.17 bits per heavy atom. The Labute approximate surface area is 103 Å². The van der Waals surface area contributed by atoms with Crippen LogP contribution in [0.3, 0.4) is 0 Å². The van der Waals surface area contributed by atoms with Crippen LogP contribution in [0.15, 0.2) is 16.6 Å². The summed E-state index contributed by atoms with van der Waals surface area (Å²) in [5.74, 6) is 0.0817. The van der Waals surface area contributed by atoms with E-state index in [9.17, 15) is 5.11 Å². The molecule has 4 heteroatoms. The molecule has 0 aliphatic carbocycles. The van der Waals surface area contributed by atoms with Crippen molar-refractivity contribution in [3.05, 3.63) is 27.7 Å². The summed E-state index contributed by atoms with van der Waals surface area (Å²) in [7, 11) is 0. The molecule has 0 spiro atoms. The number of hydrogen-bond acceptors (Lipinski definition) is 1. The predicted molar refractivity (Wildman–Crippen MR) is 48.8 cm³/mol. The van der Waals surface area contributed by atoms with Gasteiger partial charge in [-0.3, -0.25) is 0 Å². The molecule has 0 heterocycles. The largest absolute Gasteiger partial charge is 2.00 e. The summed E-state index contributed by atoms with van der Waals surface area (Å²) < 4.78 is 1.03. The van der Waals surface area contributed by atoms with Crippen molar-refractivity contribution < 1.29 is 17.5 Å². The predicted octanol–water partition coefficient (Wildman–Crippen LogP) is -1.24. The van der Waals surface area contributed by atoms with Gasteiger partial charge in [-0.15, -0.1) is 5.75 Å². The first kappa shape index (κ1) is 15.0. The van der Waals surface area contributed by atoms with Gasteiger partial charge in [-0.1, -0.05) is 28.1 Å². The van der Waals surface area contributed by atoms with E-state index in [0.717, 1.165) is 15.6 Å². The first-order valence-electron chi connectivity index (χ1n) is 3.05. The minimum atomic E-state index is 0. The van der Waals surface area contributed by atoms with Gasteiger partial charge in [0.15, 0.2) is 0 Å². The van der Waals surface area contributed by atoms with E-state index in [1.54, 1.807) is 12.1 Å². The molecular formula is C8H8BrClMgO. The third kappa shape index (κ3) is 3.52. The van der Waals surface area contributed by atoms with Crippen LogP contribution in [0.2, 0.25) is 0 Å². The number of hydrogen-bond donors (Lipinski definition) is 0. The first-order chi connectivity index (χ1) is 4.61. The fourth-order valence-corrected chi connectivity index (χ4v) is 1.14. The maximum Gasteiger partial charge on any atom is 2.00 e. The van der Waals surface area contributed by atoms with Crippen molar-refractivity contribution in [2.24, 2.45) is 0 Å². The second-order valence-electron chi connectivity index (χ2n) is 2.37. The van der Waals surface area contributed by atoms with Gasteiger partial charge < -0.3 is 17.5 Å². The van der Waals surface area contributed by atoms with E-state index < -0.39 is 0 Å². The molecule has 0 saturated heterocycles. The maximum atomic E-state index is 10.8. The minimum absolute atomic E-state index is 0. The Kier molecular flexibility index (Phi) is 7.62. The number of aryl methyl sites for hydroxylation is 2. The molecule has 0 aromatic heterocycles. The normalized spacial score (nSPS) is 8.25. The Morgan fingerprint density at radius 2 is 1.50 bits per heavy atom. The van der Waals surface area contributed by atoms with Crippen LogP contribution in [0.25, 0.3) is 0 Å². The summed E-state index contributed by atoms with van der Waals surface area (Å²) in [6, 6.07) is 3.24. The summed E-state index contributed by atoms with van der Waals surface area (Å²) in [4.78, 5) is 0. The third-order valence-corrected chi connectivity index (χ3v) is 2.66. The van der Waals surface area contributed by atoms with Gasteiger partial charge in [-0.05, 0) is 25.0 Å². The average Bonchev–Trinajstić information content (AvgIpc) is 1.82. The van der Waals surface area contributed by atoms with E-state index >= 15 is 0 Å². The average molecular weight is 260 g/mol. The van der Waals surface area contributed by atoms with Crippen LogP contribution in [0.1, 0.15) is 11.1 Å². The Morgan fingerprint density at radius 3 is 1.83 bits per heavy atom. The van der Waals surface area contributed by atoms with Crippen molar-refractivity contribution in [3.8, 4) is 5.75 Å². The molecule has 0 aliphatic rings. The van der Waals surface area contributed by atoms with Crippen molar-refractivity contribution in [1.82, 2.24) is 0 Å². The van der Waals surface area contributed by atoms with Crippen molar-refractivity contribution >= 4 is 39.0 Å². The number of halogens is 2. The van der Waals surface area contributed by atoms with Gasteiger partial charge in [0.2, 0.25) is 0 Å². The topological polar surface area (TPSA) is 23.1 Å². The van der Waals surface area contributed by atoms with Crippen LogP contribution in [-0.2, 0) is 0 Å². The number of benzene rings is 1. The van der Waals surface area contributed by atoms with Gasteiger partial charge >= 0.3 is 23.1 Å². The van der Waals surface area contributed by atoms with Crippen molar-refractivity contribution in [3.63, 3.8) is 0 Å². The molecule has 0 radical (unpaired) electrons. The monoisotopic (exact) mass is 258 g/mol. The molecule has 1 nitrogen and oxygen atoms in total. The maximum absolute atomic E-state index is 10.8. The minimum Gasteiger partial charge on any atom is -1.00 e. The van der Waals surface area contributed by atoms with Crippen molar-refractivity contribution in [2.45, 2.75) is 13.8 Å². The third-order valence-electron chi connectivity index (χ3n) is 1.41. The zero-order valence-electron chi connectivity index (χ0n) is 7.03. The Bertz CT molecular complexity index is 242. The molecule has 0 saturated carbocycles. The summed E-state index contributed by atoms with van der Waals surface area (Å²) >= 11 is 3.37. The van der Waals surface area contributed by atoms with Gasteiger partial charge in [-0.25, -0.2) is 0 Å². The standard InChI is InChI=1S/C8H9BrO.ClH.Mg/c1-5-3-7(10)4-6(2)8(5)9;;/h3-4,10H,1-2H3;1H;/q;;+2/p-2. The molecule has 1 aromatic rings. The van der Waals surface area contributed by atoms with Crippen LogP contribution in [0.4, 0.5) is 0 Å². The molecule has 62 valence electrons. The quantitative estimate of drug-likeness (QED) is 0.535. The van der Waals surface area contributed by atoms with Crippen LogP contribution < -0.4 is 17.5 Å². The molecule has 0 atom stereocenters. The Balaban J connectivity index is 0. The molecule has 0 N–H and O–H groups in total. The van der Waals surface area contributed by atoms with Crippen LogP contribution >= 0.6 is 15.9 Å². The molecule has 0 unspecified atom stereocenters. The van der Waals surface area contributed by atoms with E-state index in [2.05, 4.69) is 15.9 Å². The Hall–Kier alpha value is 0.556. The van der Waals surface area contributed by atoms with E-state index in [-0.39, 0.29) is 41.2 Å². The van der Waals surface area contributed by atoms with Gasteiger partial charge in [0, 0.05) is 4.47 Å². The fourth-order valence-electron chi connectivity index (χ4n) is 0.906. The van der Waals surface area contributed by atoms with Gasteiger partial charge in [0.1, 0.15) is 0 Å². The van der Waals surface area contributed by atoms with E-state index in [4.69, 9.17) is 0 Å². The zero-order chi connectivity index (χ0) is 7.72. The summed E-state index contributed by atoms with van der Waals surface area (Å²) in [6.07, 6.45) is 0. The van der Waals surface area contributed by atoms with E-state index in [0.29, 0.717) is 0 Å². The number of rotatable bonds is 0. The second-order valence-corrected chi connectivity index (χ2v) is 3.16. The molecular weight excluding hydrogens is 252 g/mol. The molecule has 0 bridgehead atoms. The first-order valence-corrected chi connectivity index (χ1v) is 3.84. The van der Waals surface area contributed by atoms with Gasteiger partial charge in [0.25, 0.3) is 0 Å². The molecule has 0 aliphatic heterocycles. The van der Waals surface area contributed by atoms with Gasteiger partial charge in [0.05, 0.1) is 0 Å². The fraction of sp³-hybridized carbons (Fsp3) is 0.250. The summed E-state index contributed by atoms with van der Waals surface area (Å²) in [6.45, 7) is 3.83. The molecule has 0 amide bonds. The van der Waals surface area contributed by atoms with Crippen molar-refractivity contribution in [2.75, 3.05) is 0 Å². The van der Waals surface area contributed by atoms with Crippen molar-refractivity contribution in [1.29, 1.82) is 0 Å². The smallest absolute Gasteiger partial charge is 1.00 e. The van der Waals surface area contributed by atoms with Crippen LogP contribution in [0.5, 0.6) is 5.75 Å². The molecule has 0 fully saturated rings. The second kappa shape index (κ2) is 6.08. The van der Waals surface area contributed by atoms with Crippen LogP contribution in [0, 0.1) is 13.8 Å². The summed E-state index contributed by atoms with van der Waals surface area (Å²) in [5, 5.41) is 10.8. The molecule has 1 rings (SSSR count).